The summed E-state index contributed by atoms with van der Waals surface area (Å²) in [5, 5.41) is 1.38. The first kappa shape index (κ1) is 39.8. The van der Waals surface area contributed by atoms with Gasteiger partial charge in [-0.15, -0.1) is 5.54 Å². The van der Waals surface area contributed by atoms with Gasteiger partial charge in [-0.2, -0.15) is 9.97 Å². The number of rotatable bonds is 11. The zero-order chi connectivity index (χ0) is 39.2. The van der Waals surface area contributed by atoms with Gasteiger partial charge in [-0.05, 0) is 86.4 Å². The van der Waals surface area contributed by atoms with Crippen molar-refractivity contribution in [2.75, 3.05) is 33.6 Å². The highest BCUT2D eigenvalue weighted by Crippen LogP contribution is 2.44. The number of ether oxygens (including phenoxy) is 4. The molecule has 11 heteroatoms. The van der Waals surface area contributed by atoms with Crippen molar-refractivity contribution in [2.24, 2.45) is 0 Å². The number of fused-ring (bicyclic) bond motifs is 3. The quantitative estimate of drug-likeness (QED) is 0.0857. The zero-order valence-electron chi connectivity index (χ0n) is 33.3. The van der Waals surface area contributed by atoms with E-state index >= 15 is 8.78 Å². The third-order valence-corrected chi connectivity index (χ3v) is 17.6. The lowest BCUT2D eigenvalue weighted by molar-refractivity contribution is 0.0512. The minimum Gasteiger partial charge on any atom is -0.471 e. The van der Waals surface area contributed by atoms with E-state index in [-0.39, 0.29) is 47.3 Å². The van der Waals surface area contributed by atoms with Gasteiger partial charge in [-0.25, -0.2) is 13.2 Å². The third-order valence-electron chi connectivity index (χ3n) is 11.3. The van der Waals surface area contributed by atoms with Crippen molar-refractivity contribution in [3.05, 3.63) is 53.6 Å². The average Bonchev–Trinajstić information content (AvgIpc) is 3.61. The second-order valence-corrected chi connectivity index (χ2v) is 22.5. The van der Waals surface area contributed by atoms with Gasteiger partial charge >= 0.3 is 6.01 Å². The summed E-state index contributed by atoms with van der Waals surface area (Å²) in [6, 6.07) is 10.3. The molecule has 0 bridgehead atoms. The Morgan fingerprint density at radius 2 is 1.72 bits per heavy atom. The predicted molar refractivity (Wildman–Crippen MR) is 212 cm³/mol. The summed E-state index contributed by atoms with van der Waals surface area (Å²) in [7, 11) is -0.653. The van der Waals surface area contributed by atoms with Gasteiger partial charge in [0.15, 0.2) is 12.6 Å². The summed E-state index contributed by atoms with van der Waals surface area (Å²) < 4.78 is 72.1. The molecule has 0 amide bonds. The Bertz CT molecular complexity index is 2070. The summed E-state index contributed by atoms with van der Waals surface area (Å²) in [4.78, 5) is 11.2. The van der Waals surface area contributed by atoms with Crippen LogP contribution in [-0.2, 0) is 4.74 Å². The molecular formula is C43H54F3N3O4Si. The lowest BCUT2D eigenvalue weighted by atomic mass is 9.93. The van der Waals surface area contributed by atoms with Crippen LogP contribution in [0.4, 0.5) is 13.2 Å². The molecule has 2 aliphatic rings. The molecule has 0 aliphatic carbocycles. The maximum Gasteiger partial charge on any atom is 0.320 e. The van der Waals surface area contributed by atoms with E-state index in [2.05, 4.69) is 67.9 Å². The third kappa shape index (κ3) is 7.54. The molecule has 7 nitrogen and oxygen atoms in total. The maximum atomic E-state index is 17.4. The normalized spacial score (nSPS) is 19.2. The molecule has 0 saturated carbocycles. The van der Waals surface area contributed by atoms with Crippen LogP contribution in [0.1, 0.15) is 87.1 Å². The fourth-order valence-corrected chi connectivity index (χ4v) is 14.2. The molecule has 2 fully saturated rings. The Morgan fingerprint density at radius 3 is 2.39 bits per heavy atom. The zero-order valence-corrected chi connectivity index (χ0v) is 34.3. The Balaban J connectivity index is 1.57. The van der Waals surface area contributed by atoms with Gasteiger partial charge in [-0.3, -0.25) is 4.90 Å². The summed E-state index contributed by atoms with van der Waals surface area (Å²) in [6.45, 7) is 20.2. The van der Waals surface area contributed by atoms with Gasteiger partial charge in [-0.1, -0.05) is 59.6 Å². The summed E-state index contributed by atoms with van der Waals surface area (Å²) in [6.07, 6.45) is 1.13. The summed E-state index contributed by atoms with van der Waals surface area (Å²) in [5.74, 6) is 2.19. The molecule has 2 aliphatic heterocycles. The number of nitrogens with zero attached hydrogens (tertiary/aromatic N) is 3. The van der Waals surface area contributed by atoms with E-state index in [0.29, 0.717) is 51.7 Å². The number of methoxy groups -OCH3 is 1. The Labute approximate surface area is 318 Å². The van der Waals surface area contributed by atoms with E-state index in [4.69, 9.17) is 18.9 Å². The van der Waals surface area contributed by atoms with Crippen LogP contribution in [0, 0.1) is 23.1 Å². The van der Waals surface area contributed by atoms with Crippen LogP contribution in [-0.4, -0.2) is 73.9 Å². The van der Waals surface area contributed by atoms with Crippen LogP contribution in [0.3, 0.4) is 0 Å². The lowest BCUT2D eigenvalue weighted by Crippen LogP contribution is -2.43. The molecule has 0 radical (unpaired) electrons. The number of halogens is 3. The highest BCUT2D eigenvalue weighted by atomic mass is 28.3. The molecule has 1 aromatic heterocycles. The van der Waals surface area contributed by atoms with Crippen LogP contribution in [0.2, 0.25) is 16.6 Å². The molecule has 3 aromatic carbocycles. The number of benzene rings is 3. The molecule has 2 saturated heterocycles. The summed E-state index contributed by atoms with van der Waals surface area (Å²) in [5.41, 5.74) is 4.25. The van der Waals surface area contributed by atoms with Crippen LogP contribution in [0.25, 0.3) is 32.8 Å². The molecule has 0 N–H and O–H groups in total. The van der Waals surface area contributed by atoms with E-state index in [9.17, 15) is 4.39 Å². The average molecular weight is 762 g/mol. The van der Waals surface area contributed by atoms with Crippen LogP contribution >= 0.6 is 0 Å². The smallest absolute Gasteiger partial charge is 0.320 e. The first-order valence-corrected chi connectivity index (χ1v) is 21.4. The number of hydrogen-bond donors (Lipinski definition) is 0. The van der Waals surface area contributed by atoms with Crippen molar-refractivity contribution < 1.29 is 32.1 Å². The second-order valence-electron chi connectivity index (χ2n) is 16.9. The van der Waals surface area contributed by atoms with Crippen molar-refractivity contribution in [2.45, 2.75) is 116 Å². The van der Waals surface area contributed by atoms with Gasteiger partial charge < -0.3 is 18.9 Å². The largest absolute Gasteiger partial charge is 0.471 e. The fourth-order valence-electron chi connectivity index (χ4n) is 9.00. The SMILES string of the molecule is COCOc1cc(-c2c(F)cc3c(OC(C)(C)C)nc(OC[C@@]45CCCN4C[C@H](F)C5)nc3c2F)c2c(C#C[Si](C(C)C)(C(C)C)C(C)C)cccc2c1. The Kier molecular flexibility index (Phi) is 11.3. The minimum atomic E-state index is -2.16. The molecule has 4 aromatic rings. The highest BCUT2D eigenvalue weighted by Gasteiger charge is 2.49. The van der Waals surface area contributed by atoms with Crippen molar-refractivity contribution in [3.63, 3.8) is 0 Å². The van der Waals surface area contributed by atoms with E-state index < -0.39 is 37.0 Å². The van der Waals surface area contributed by atoms with Crippen LogP contribution in [0.5, 0.6) is 17.6 Å². The molecule has 54 heavy (non-hydrogen) atoms. The maximum absolute atomic E-state index is 17.4. The van der Waals surface area contributed by atoms with Gasteiger partial charge in [0.05, 0.1) is 16.5 Å². The lowest BCUT2D eigenvalue weighted by Gasteiger charge is -2.38. The number of alkyl halides is 1. The topological polar surface area (TPSA) is 65.9 Å². The van der Waals surface area contributed by atoms with Crippen LogP contribution < -0.4 is 14.2 Å². The highest BCUT2D eigenvalue weighted by molar-refractivity contribution is 6.90. The Morgan fingerprint density at radius 1 is 1.00 bits per heavy atom. The van der Waals surface area contributed by atoms with Crippen LogP contribution in [0.15, 0.2) is 36.4 Å². The van der Waals surface area contributed by atoms with E-state index in [1.165, 1.54) is 13.2 Å². The van der Waals surface area contributed by atoms with Gasteiger partial charge in [0.1, 0.15) is 43.5 Å². The van der Waals surface area contributed by atoms with Crippen molar-refractivity contribution in [1.82, 2.24) is 14.9 Å². The molecule has 6 rings (SSSR count). The second kappa shape index (κ2) is 15.4. The molecule has 0 unspecified atom stereocenters. The van der Waals surface area contributed by atoms with Crippen molar-refractivity contribution in [3.8, 4) is 40.2 Å². The van der Waals surface area contributed by atoms with Crippen molar-refractivity contribution >= 4 is 29.7 Å². The monoisotopic (exact) mass is 761 g/mol. The summed E-state index contributed by atoms with van der Waals surface area (Å²) >= 11 is 0. The molecular weight excluding hydrogens is 708 g/mol. The van der Waals surface area contributed by atoms with E-state index in [1.54, 1.807) is 6.07 Å². The number of hydrogen-bond acceptors (Lipinski definition) is 7. The first-order valence-electron chi connectivity index (χ1n) is 19.1. The Hall–Kier alpha value is -3.85. The van der Waals surface area contributed by atoms with E-state index in [1.807, 2.05) is 45.0 Å². The fraction of sp³-hybridized carbons (Fsp3) is 0.535. The van der Waals surface area contributed by atoms with Crippen molar-refractivity contribution in [1.29, 1.82) is 0 Å². The molecule has 290 valence electrons. The van der Waals surface area contributed by atoms with Gasteiger partial charge in [0.25, 0.3) is 0 Å². The standard InChI is InChI=1S/C43H54F3N3O4Si/c1-26(2)54(27(3)4,28(5)6)18-15-29-13-11-14-30-19-32(52-25-50-10)20-33(36(29)30)37-35(45)21-34-39(38(37)46)47-41(48-40(34)53-42(7,8)9)51-24-43-16-12-17-49(43)23-31(44)22-43/h11,13-14,19-21,26-28,31H,12,16-17,22-25H2,1-10H3/t31-,43+/m1/s1. The number of aromatic nitrogens is 2. The first-order chi connectivity index (χ1) is 25.5. The predicted octanol–water partition coefficient (Wildman–Crippen LogP) is 10.4. The van der Waals surface area contributed by atoms with E-state index in [0.717, 1.165) is 19.4 Å². The molecule has 0 spiro atoms. The van der Waals surface area contributed by atoms with Gasteiger partial charge in [0.2, 0.25) is 5.88 Å². The minimum absolute atomic E-state index is 0.00614. The van der Waals surface area contributed by atoms with Gasteiger partial charge in [0, 0.05) is 36.6 Å². The molecule has 2 atom stereocenters. The molecule has 3 heterocycles.